The molecule has 5 nitrogen and oxygen atoms in total. The van der Waals surface area contributed by atoms with Gasteiger partial charge in [-0.15, -0.1) is 0 Å². The summed E-state index contributed by atoms with van der Waals surface area (Å²) in [7, 11) is 0. The molecule has 0 unspecified atom stereocenters. The second-order valence-electron chi connectivity index (χ2n) is 4.37. The summed E-state index contributed by atoms with van der Waals surface area (Å²) < 4.78 is 0.904. The Morgan fingerprint density at radius 1 is 1.43 bits per heavy atom. The third-order valence-electron chi connectivity index (χ3n) is 2.73. The van der Waals surface area contributed by atoms with Gasteiger partial charge < -0.3 is 5.32 Å². The second-order valence-corrected chi connectivity index (χ2v) is 6.28. The molecule has 0 aliphatic carbocycles. The number of carbonyl (C=O) groups excluding carboxylic acids is 3. The predicted octanol–water partition coefficient (Wildman–Crippen LogP) is 2.62. The minimum atomic E-state index is -0.324. The number of benzene rings is 1. The van der Waals surface area contributed by atoms with Crippen molar-refractivity contribution in [2.45, 2.75) is 6.92 Å². The first kappa shape index (κ1) is 15.8. The highest BCUT2D eigenvalue weighted by molar-refractivity contribution is 9.10. The van der Waals surface area contributed by atoms with Crippen molar-refractivity contribution >= 4 is 50.8 Å². The summed E-state index contributed by atoms with van der Waals surface area (Å²) in [5.41, 5.74) is 0.844. The summed E-state index contributed by atoms with van der Waals surface area (Å²) in [6, 6.07) is 7.47. The van der Waals surface area contributed by atoms with Crippen LogP contribution in [0.25, 0.3) is 6.08 Å². The van der Waals surface area contributed by atoms with Crippen molar-refractivity contribution in [2.75, 3.05) is 13.1 Å². The van der Waals surface area contributed by atoms with Gasteiger partial charge in [-0.3, -0.25) is 19.3 Å². The lowest BCUT2D eigenvalue weighted by Crippen LogP contribution is -2.36. The highest BCUT2D eigenvalue weighted by atomic mass is 79.9. The summed E-state index contributed by atoms with van der Waals surface area (Å²) >= 11 is 4.27. The Balaban J connectivity index is 2.08. The second kappa shape index (κ2) is 6.91. The highest BCUT2D eigenvalue weighted by Gasteiger charge is 2.34. The van der Waals surface area contributed by atoms with Crippen molar-refractivity contribution in [3.8, 4) is 0 Å². The van der Waals surface area contributed by atoms with E-state index in [1.165, 1.54) is 6.92 Å². The van der Waals surface area contributed by atoms with Gasteiger partial charge in [0, 0.05) is 24.5 Å². The van der Waals surface area contributed by atoms with Gasteiger partial charge in [0.1, 0.15) is 0 Å². The van der Waals surface area contributed by atoms with Crippen LogP contribution >= 0.6 is 27.7 Å². The molecule has 1 aromatic carbocycles. The van der Waals surface area contributed by atoms with Crippen molar-refractivity contribution in [1.82, 2.24) is 10.2 Å². The van der Waals surface area contributed by atoms with Crippen LogP contribution in [0.5, 0.6) is 0 Å². The quantitative estimate of drug-likeness (QED) is 0.829. The van der Waals surface area contributed by atoms with E-state index in [9.17, 15) is 14.4 Å². The Morgan fingerprint density at radius 3 is 2.86 bits per heavy atom. The van der Waals surface area contributed by atoms with Gasteiger partial charge in [-0.05, 0) is 35.5 Å². The Labute approximate surface area is 134 Å². The molecular weight excluding hydrogens is 356 g/mol. The smallest absolute Gasteiger partial charge is 0.293 e. The number of amides is 3. The van der Waals surface area contributed by atoms with E-state index in [-0.39, 0.29) is 30.1 Å². The molecule has 1 fully saturated rings. The van der Waals surface area contributed by atoms with Crippen LogP contribution in [0, 0.1) is 0 Å². The molecule has 0 spiro atoms. The molecule has 2 rings (SSSR count). The van der Waals surface area contributed by atoms with Gasteiger partial charge in [0.2, 0.25) is 5.91 Å². The van der Waals surface area contributed by atoms with Crippen LogP contribution in [0.15, 0.2) is 33.6 Å². The Bertz CT molecular complexity index is 630. The zero-order valence-electron chi connectivity index (χ0n) is 11.3. The summed E-state index contributed by atoms with van der Waals surface area (Å²) in [6.45, 7) is 1.83. The lowest BCUT2D eigenvalue weighted by Gasteiger charge is -2.12. The first-order valence-corrected chi connectivity index (χ1v) is 7.83. The Morgan fingerprint density at radius 2 is 2.19 bits per heavy atom. The molecule has 7 heteroatoms. The summed E-state index contributed by atoms with van der Waals surface area (Å²) in [5.74, 6) is -0.512. The number of hydrogen-bond donors (Lipinski definition) is 1. The average molecular weight is 369 g/mol. The van der Waals surface area contributed by atoms with E-state index in [0.29, 0.717) is 4.91 Å². The minimum absolute atomic E-state index is 0.181. The van der Waals surface area contributed by atoms with Gasteiger partial charge in [0.15, 0.2) is 0 Å². The van der Waals surface area contributed by atoms with Gasteiger partial charge in [-0.2, -0.15) is 0 Å². The highest BCUT2D eigenvalue weighted by Crippen LogP contribution is 2.32. The fraction of sp³-hybridized carbons (Fsp3) is 0.214. The van der Waals surface area contributed by atoms with Gasteiger partial charge in [-0.1, -0.05) is 28.1 Å². The van der Waals surface area contributed by atoms with Crippen LogP contribution < -0.4 is 5.32 Å². The molecule has 1 N–H and O–H groups in total. The van der Waals surface area contributed by atoms with E-state index in [1.54, 1.807) is 6.08 Å². The Hall–Kier alpha value is -1.60. The van der Waals surface area contributed by atoms with Crippen molar-refractivity contribution in [2.24, 2.45) is 0 Å². The van der Waals surface area contributed by atoms with Crippen molar-refractivity contribution in [3.05, 3.63) is 39.2 Å². The number of carbonyl (C=O) groups is 3. The molecule has 1 saturated heterocycles. The standard InChI is InChI=1S/C14H13BrN2O3S/c1-9(18)16-5-6-17-13(19)12(21-14(17)20)8-10-3-2-4-11(15)7-10/h2-4,7-8H,5-6H2,1H3,(H,16,18)/b12-8-. The Kier molecular flexibility index (Phi) is 5.19. The first-order chi connectivity index (χ1) is 9.97. The average Bonchev–Trinajstić information content (AvgIpc) is 2.66. The molecule has 0 aromatic heterocycles. The predicted molar refractivity (Wildman–Crippen MR) is 85.5 cm³/mol. The van der Waals surface area contributed by atoms with Crippen LogP contribution in [0.4, 0.5) is 4.79 Å². The lowest BCUT2D eigenvalue weighted by atomic mass is 10.2. The zero-order chi connectivity index (χ0) is 15.4. The molecule has 0 radical (unpaired) electrons. The van der Waals surface area contributed by atoms with Gasteiger partial charge >= 0.3 is 0 Å². The third-order valence-corrected chi connectivity index (χ3v) is 4.13. The number of thioether (sulfide) groups is 1. The van der Waals surface area contributed by atoms with Crippen molar-refractivity contribution in [3.63, 3.8) is 0 Å². The normalized spacial score (nSPS) is 16.7. The number of rotatable bonds is 4. The molecule has 3 amide bonds. The minimum Gasteiger partial charge on any atom is -0.355 e. The van der Waals surface area contributed by atoms with Crippen LogP contribution in [0.3, 0.4) is 0 Å². The fourth-order valence-corrected chi connectivity index (χ4v) is 3.07. The summed E-state index contributed by atoms with van der Waals surface area (Å²) in [5, 5.41) is 2.25. The summed E-state index contributed by atoms with van der Waals surface area (Å²) in [6.07, 6.45) is 1.69. The largest absolute Gasteiger partial charge is 0.355 e. The molecule has 0 bridgehead atoms. The molecule has 0 saturated carbocycles. The molecule has 1 aromatic rings. The van der Waals surface area contributed by atoms with Crippen molar-refractivity contribution in [1.29, 1.82) is 0 Å². The maximum Gasteiger partial charge on any atom is 0.293 e. The van der Waals surface area contributed by atoms with Gasteiger partial charge in [-0.25, -0.2) is 0 Å². The monoisotopic (exact) mass is 368 g/mol. The van der Waals surface area contributed by atoms with Crippen LogP contribution in [-0.2, 0) is 9.59 Å². The van der Waals surface area contributed by atoms with Crippen LogP contribution in [-0.4, -0.2) is 35.0 Å². The maximum atomic E-state index is 12.2. The molecule has 1 aliphatic rings. The summed E-state index contributed by atoms with van der Waals surface area (Å²) in [4.78, 5) is 36.3. The number of imide groups is 1. The zero-order valence-corrected chi connectivity index (χ0v) is 13.7. The molecule has 110 valence electrons. The molecule has 0 atom stereocenters. The van der Waals surface area contributed by atoms with E-state index in [1.807, 2.05) is 24.3 Å². The molecule has 1 heterocycles. The van der Waals surface area contributed by atoms with Gasteiger partial charge in [0.05, 0.1) is 4.91 Å². The molecule has 21 heavy (non-hydrogen) atoms. The molecular formula is C14H13BrN2O3S. The van der Waals surface area contributed by atoms with Gasteiger partial charge in [0.25, 0.3) is 11.1 Å². The van der Waals surface area contributed by atoms with Crippen molar-refractivity contribution < 1.29 is 14.4 Å². The maximum absolute atomic E-state index is 12.2. The van der Waals surface area contributed by atoms with E-state index >= 15 is 0 Å². The van der Waals surface area contributed by atoms with E-state index in [2.05, 4.69) is 21.2 Å². The van der Waals surface area contributed by atoms with E-state index in [0.717, 1.165) is 26.7 Å². The number of nitrogens with one attached hydrogen (secondary N) is 1. The number of halogens is 1. The first-order valence-electron chi connectivity index (χ1n) is 6.23. The number of nitrogens with zero attached hydrogens (tertiary/aromatic N) is 1. The third kappa shape index (κ3) is 4.18. The number of hydrogen-bond acceptors (Lipinski definition) is 4. The molecule has 1 aliphatic heterocycles. The van der Waals surface area contributed by atoms with E-state index < -0.39 is 0 Å². The van der Waals surface area contributed by atoms with E-state index in [4.69, 9.17) is 0 Å². The fourth-order valence-electron chi connectivity index (χ4n) is 1.78. The van der Waals surface area contributed by atoms with Crippen LogP contribution in [0.1, 0.15) is 12.5 Å². The topological polar surface area (TPSA) is 66.5 Å². The SMILES string of the molecule is CC(=O)NCCN1C(=O)S/C(=C\c2cccc(Br)c2)C1=O. The lowest BCUT2D eigenvalue weighted by molar-refractivity contribution is -0.123. The van der Waals surface area contributed by atoms with Crippen LogP contribution in [0.2, 0.25) is 0 Å².